The van der Waals surface area contributed by atoms with Gasteiger partial charge < -0.3 is 10.2 Å². The summed E-state index contributed by atoms with van der Waals surface area (Å²) in [4.78, 5) is 27.3. The lowest BCUT2D eigenvalue weighted by Gasteiger charge is -2.30. The highest BCUT2D eigenvalue weighted by Crippen LogP contribution is 2.27. The maximum atomic E-state index is 13.2. The van der Waals surface area contributed by atoms with Crippen molar-refractivity contribution in [1.82, 2.24) is 10.2 Å². The van der Waals surface area contributed by atoms with E-state index in [0.717, 1.165) is 11.1 Å². The van der Waals surface area contributed by atoms with Crippen molar-refractivity contribution in [2.24, 2.45) is 0 Å². The van der Waals surface area contributed by atoms with E-state index in [2.05, 4.69) is 5.32 Å². The van der Waals surface area contributed by atoms with Gasteiger partial charge in [0.2, 0.25) is 11.8 Å². The van der Waals surface area contributed by atoms with E-state index in [0.29, 0.717) is 15.6 Å². The highest BCUT2D eigenvalue weighted by molar-refractivity contribution is 6.36. The molecule has 0 unspecified atom stereocenters. The highest BCUT2D eigenvalue weighted by Gasteiger charge is 2.28. The predicted octanol–water partition coefficient (Wildman–Crippen LogP) is 4.79. The fraction of sp³-hybridized carbons (Fsp3) is 0.364. The molecule has 2 rings (SSSR count). The molecule has 4 nitrogen and oxygen atoms in total. The molecule has 0 spiro atoms. The van der Waals surface area contributed by atoms with Crippen molar-refractivity contribution in [2.45, 2.75) is 52.7 Å². The second kappa shape index (κ2) is 9.94. The normalized spacial score (nSPS) is 12.0. The molecule has 0 aliphatic heterocycles. The number of nitrogens with zero attached hydrogens (tertiary/aromatic N) is 1. The molecule has 2 aromatic carbocycles. The summed E-state index contributed by atoms with van der Waals surface area (Å²) in [7, 11) is 0. The van der Waals surface area contributed by atoms with E-state index in [1.54, 1.807) is 25.1 Å². The van der Waals surface area contributed by atoms with Crippen LogP contribution in [-0.2, 0) is 22.6 Å². The molecule has 0 saturated carbocycles. The van der Waals surface area contributed by atoms with Gasteiger partial charge in [0.05, 0.1) is 6.42 Å². The van der Waals surface area contributed by atoms with Crippen molar-refractivity contribution in [3.8, 4) is 0 Å². The summed E-state index contributed by atoms with van der Waals surface area (Å²) < 4.78 is 0. The smallest absolute Gasteiger partial charge is 0.242 e. The quantitative estimate of drug-likeness (QED) is 0.699. The van der Waals surface area contributed by atoms with Gasteiger partial charge in [0, 0.05) is 28.2 Å². The molecule has 0 bridgehead atoms. The summed E-state index contributed by atoms with van der Waals surface area (Å²) in [5, 5.41) is 3.81. The van der Waals surface area contributed by atoms with Crippen LogP contribution in [0.4, 0.5) is 0 Å². The number of nitrogens with one attached hydrogen (secondary N) is 1. The van der Waals surface area contributed by atoms with Crippen molar-refractivity contribution in [3.63, 3.8) is 0 Å². The van der Waals surface area contributed by atoms with Crippen LogP contribution in [0.15, 0.2) is 42.5 Å². The first-order valence-electron chi connectivity index (χ1n) is 9.28. The van der Waals surface area contributed by atoms with E-state index in [-0.39, 0.29) is 30.8 Å². The lowest BCUT2D eigenvalue weighted by molar-refractivity contribution is -0.140. The Balaban J connectivity index is 2.33. The largest absolute Gasteiger partial charge is 0.352 e. The Morgan fingerprint density at radius 3 is 2.18 bits per heavy atom. The van der Waals surface area contributed by atoms with E-state index in [9.17, 15) is 9.59 Å². The highest BCUT2D eigenvalue weighted by atomic mass is 35.5. The van der Waals surface area contributed by atoms with Crippen LogP contribution in [0.1, 0.15) is 37.5 Å². The summed E-state index contributed by atoms with van der Waals surface area (Å²) >= 11 is 12.6. The Morgan fingerprint density at radius 1 is 1.00 bits per heavy atom. The second-order valence-corrected chi connectivity index (χ2v) is 7.98. The number of halogens is 2. The fourth-order valence-electron chi connectivity index (χ4n) is 2.91. The maximum Gasteiger partial charge on any atom is 0.242 e. The van der Waals surface area contributed by atoms with Gasteiger partial charge in [0.15, 0.2) is 0 Å². The average molecular weight is 421 g/mol. The average Bonchev–Trinajstić information content (AvgIpc) is 2.62. The van der Waals surface area contributed by atoms with Crippen LogP contribution in [0.5, 0.6) is 0 Å². The Labute approximate surface area is 176 Å². The minimum Gasteiger partial charge on any atom is -0.352 e. The minimum absolute atomic E-state index is 0.0211. The van der Waals surface area contributed by atoms with E-state index in [1.165, 1.54) is 4.90 Å². The molecular weight excluding hydrogens is 395 g/mol. The zero-order valence-corrected chi connectivity index (χ0v) is 18.1. The Bertz CT molecular complexity index is 832. The van der Waals surface area contributed by atoms with Crippen LogP contribution in [0.2, 0.25) is 10.0 Å². The van der Waals surface area contributed by atoms with Gasteiger partial charge in [0.1, 0.15) is 6.04 Å². The summed E-state index contributed by atoms with van der Waals surface area (Å²) in [5.74, 6) is -0.368. The first-order chi connectivity index (χ1) is 13.2. The molecule has 1 atom stereocenters. The van der Waals surface area contributed by atoms with Crippen molar-refractivity contribution in [2.75, 3.05) is 0 Å². The molecule has 28 heavy (non-hydrogen) atoms. The van der Waals surface area contributed by atoms with Crippen LogP contribution < -0.4 is 5.32 Å². The molecule has 0 aromatic heterocycles. The van der Waals surface area contributed by atoms with Crippen LogP contribution in [0, 0.1) is 6.92 Å². The molecule has 6 heteroatoms. The summed E-state index contributed by atoms with van der Waals surface area (Å²) in [6.07, 6.45) is 0.202. The number of aryl methyl sites for hydroxylation is 1. The monoisotopic (exact) mass is 420 g/mol. The van der Waals surface area contributed by atoms with Gasteiger partial charge in [-0.25, -0.2) is 0 Å². The van der Waals surface area contributed by atoms with E-state index in [1.807, 2.05) is 45.0 Å². The first kappa shape index (κ1) is 22.3. The van der Waals surface area contributed by atoms with Crippen LogP contribution in [0.25, 0.3) is 0 Å². The SMILES string of the molecule is Cc1ccccc1CC(=O)N(Cc1c(Cl)cccc1Cl)[C@H](C)C(=O)NC(C)C. The molecular formula is C22H26Cl2N2O2. The zero-order valence-electron chi connectivity index (χ0n) is 16.6. The molecule has 1 N–H and O–H groups in total. The second-order valence-electron chi connectivity index (χ2n) is 7.16. The molecule has 0 aliphatic carbocycles. The summed E-state index contributed by atoms with van der Waals surface area (Å²) in [5.41, 5.74) is 2.60. The molecule has 0 heterocycles. The zero-order chi connectivity index (χ0) is 20.8. The van der Waals surface area contributed by atoms with Crippen LogP contribution >= 0.6 is 23.2 Å². The number of carbonyl (C=O) groups excluding carboxylic acids is 2. The number of rotatable bonds is 7. The van der Waals surface area contributed by atoms with Crippen LogP contribution in [0.3, 0.4) is 0 Å². The molecule has 0 radical (unpaired) electrons. The van der Waals surface area contributed by atoms with Gasteiger partial charge in [-0.05, 0) is 51.0 Å². The summed E-state index contributed by atoms with van der Waals surface area (Å²) in [6, 6.07) is 12.3. The number of hydrogen-bond acceptors (Lipinski definition) is 2. The fourth-order valence-corrected chi connectivity index (χ4v) is 3.43. The number of hydrogen-bond donors (Lipinski definition) is 1. The maximum absolute atomic E-state index is 13.2. The molecule has 0 fully saturated rings. The van der Waals surface area contributed by atoms with Crippen molar-refractivity contribution in [3.05, 3.63) is 69.2 Å². The van der Waals surface area contributed by atoms with Gasteiger partial charge in [-0.2, -0.15) is 0 Å². The van der Waals surface area contributed by atoms with E-state index >= 15 is 0 Å². The van der Waals surface area contributed by atoms with Crippen LogP contribution in [-0.4, -0.2) is 28.8 Å². The number of benzene rings is 2. The number of amides is 2. The van der Waals surface area contributed by atoms with Gasteiger partial charge in [-0.3, -0.25) is 9.59 Å². The third kappa shape index (κ3) is 5.73. The third-order valence-corrected chi connectivity index (χ3v) is 5.30. The standard InChI is InChI=1S/C22H26Cl2N2O2/c1-14(2)25-22(28)16(4)26(13-18-19(23)10-7-11-20(18)24)21(27)12-17-9-6-5-8-15(17)3/h5-11,14,16H,12-13H2,1-4H3,(H,25,28)/t16-/m1/s1. The van der Waals surface area contributed by atoms with Gasteiger partial charge >= 0.3 is 0 Å². The van der Waals surface area contributed by atoms with Crippen molar-refractivity contribution in [1.29, 1.82) is 0 Å². The van der Waals surface area contributed by atoms with Gasteiger partial charge in [-0.1, -0.05) is 53.5 Å². The molecule has 0 saturated heterocycles. The Kier molecular flexibility index (Phi) is 7.90. The molecule has 2 aromatic rings. The lowest BCUT2D eigenvalue weighted by Crippen LogP contribution is -2.49. The van der Waals surface area contributed by atoms with E-state index < -0.39 is 6.04 Å². The number of carbonyl (C=O) groups is 2. The van der Waals surface area contributed by atoms with E-state index in [4.69, 9.17) is 23.2 Å². The minimum atomic E-state index is -0.661. The summed E-state index contributed by atoms with van der Waals surface area (Å²) in [6.45, 7) is 7.62. The topological polar surface area (TPSA) is 49.4 Å². The molecule has 0 aliphatic rings. The van der Waals surface area contributed by atoms with Gasteiger partial charge in [0.25, 0.3) is 0 Å². The predicted molar refractivity (Wildman–Crippen MR) is 115 cm³/mol. The molecule has 2 amide bonds. The van der Waals surface area contributed by atoms with Crippen molar-refractivity contribution >= 4 is 35.0 Å². The van der Waals surface area contributed by atoms with Crippen molar-refractivity contribution < 1.29 is 9.59 Å². The first-order valence-corrected chi connectivity index (χ1v) is 10.0. The Morgan fingerprint density at radius 2 is 1.61 bits per heavy atom. The molecule has 150 valence electrons. The van der Waals surface area contributed by atoms with Gasteiger partial charge in [-0.15, -0.1) is 0 Å². The third-order valence-electron chi connectivity index (χ3n) is 4.59. The lowest BCUT2D eigenvalue weighted by atomic mass is 10.0. The Hall–Kier alpha value is -2.04.